The first kappa shape index (κ1) is 35.3. The van der Waals surface area contributed by atoms with Gasteiger partial charge in [0.1, 0.15) is 22.9 Å². The Hall–Kier alpha value is -3.98. The van der Waals surface area contributed by atoms with Crippen LogP contribution in [-0.2, 0) is 15.7 Å². The molecule has 3 heterocycles. The minimum atomic E-state index is -5.07. The van der Waals surface area contributed by atoms with Crippen molar-refractivity contribution in [1.82, 2.24) is 15.2 Å². The maximum atomic E-state index is 16.8. The third-order valence-corrected chi connectivity index (χ3v) is 8.86. The summed E-state index contributed by atoms with van der Waals surface area (Å²) in [5.74, 6) is -2.70. The Kier molecular flexibility index (Phi) is 10.5. The highest BCUT2D eigenvalue weighted by molar-refractivity contribution is 5.87. The van der Waals surface area contributed by atoms with Gasteiger partial charge in [-0.3, -0.25) is 4.90 Å². The van der Waals surface area contributed by atoms with Crippen LogP contribution in [0.5, 0.6) is 5.88 Å². The minimum Gasteiger partial charge on any atom is -0.473 e. The molecule has 2 aromatic rings. The summed E-state index contributed by atoms with van der Waals surface area (Å²) in [6, 6.07) is 0.444. The van der Waals surface area contributed by atoms with E-state index in [4.69, 9.17) is 19.9 Å². The zero-order chi connectivity index (χ0) is 34.8. The molecule has 5 rings (SSSR count). The molecule has 15 heteroatoms. The number of morpholine rings is 1. The Bertz CT molecular complexity index is 1590. The zero-order valence-corrected chi connectivity index (χ0v) is 27.6. The largest absolute Gasteiger partial charge is 0.473 e. The second kappa shape index (κ2) is 14.2. The zero-order valence-electron chi connectivity index (χ0n) is 27.6. The monoisotopic (exact) mass is 679 g/mol. The molecule has 1 aromatic carbocycles. The van der Waals surface area contributed by atoms with Gasteiger partial charge >= 0.3 is 12.2 Å². The summed E-state index contributed by atoms with van der Waals surface area (Å²) >= 11 is 0. The van der Waals surface area contributed by atoms with E-state index >= 15 is 4.39 Å². The number of anilines is 2. The highest BCUT2D eigenvalue weighted by Crippen LogP contribution is 2.48. The molecule has 0 radical (unpaired) electrons. The molecule has 262 valence electrons. The number of halogens is 5. The van der Waals surface area contributed by atoms with Crippen LogP contribution in [-0.4, -0.2) is 80.8 Å². The lowest BCUT2D eigenvalue weighted by atomic mass is 9.96. The highest BCUT2D eigenvalue weighted by Gasteiger charge is 2.45. The molecule has 2 fully saturated rings. The number of allylic oxidation sites excluding steroid dienone is 1. The van der Waals surface area contributed by atoms with Crippen LogP contribution in [0, 0.1) is 24.0 Å². The Morgan fingerprint density at radius 2 is 1.98 bits per heavy atom. The number of hydrogen-bond donors (Lipinski definition) is 3. The second-order valence-electron chi connectivity index (χ2n) is 12.7. The molecule has 4 N–H and O–H groups in total. The van der Waals surface area contributed by atoms with Gasteiger partial charge in [-0.15, -0.1) is 0 Å². The van der Waals surface area contributed by atoms with Crippen LogP contribution in [0.4, 0.5) is 39.0 Å². The molecule has 0 unspecified atom stereocenters. The number of rotatable bonds is 6. The summed E-state index contributed by atoms with van der Waals surface area (Å²) in [6.45, 7) is 14.0. The number of fused-ring (bicyclic) bond motifs is 1. The number of aliphatic imine (C=N–C) groups is 2. The van der Waals surface area contributed by atoms with Gasteiger partial charge in [0.25, 0.3) is 0 Å². The van der Waals surface area contributed by atoms with Crippen LogP contribution < -0.4 is 21.1 Å². The first-order valence-corrected chi connectivity index (χ1v) is 16.0. The van der Waals surface area contributed by atoms with Crippen LogP contribution in [0.2, 0.25) is 0 Å². The molecule has 10 nitrogen and oxygen atoms in total. The van der Waals surface area contributed by atoms with E-state index in [0.717, 1.165) is 51.2 Å². The molecular formula is C33H42F5N7O3. The average molecular weight is 680 g/mol. The number of ether oxygens (including phenoxy) is 3. The third kappa shape index (κ3) is 7.83. The van der Waals surface area contributed by atoms with E-state index in [1.165, 1.54) is 0 Å². The molecule has 0 amide bonds. The number of benzene rings is 1. The molecule has 1 saturated heterocycles. The number of amidine groups is 1. The summed E-state index contributed by atoms with van der Waals surface area (Å²) in [5, 5.41) is 6.36. The van der Waals surface area contributed by atoms with Crippen molar-refractivity contribution in [2.45, 2.75) is 65.3 Å². The fourth-order valence-electron chi connectivity index (χ4n) is 6.02. The predicted octanol–water partition coefficient (Wildman–Crippen LogP) is 6.22. The molecule has 0 bridgehead atoms. The van der Waals surface area contributed by atoms with E-state index in [1.807, 2.05) is 19.9 Å². The molecule has 2 aliphatic heterocycles. The number of hydrogen-bond acceptors (Lipinski definition) is 9. The SMILES string of the molecule is C=NC(=Nc1c(F)c(-c2cc(N)c(F)c(C)c2C(F)(F)F)nc2c1NC/C(=C/C)NCC[C@H](C)O2)OCC1(CN2CCO[C@H](C)C2)CC1. The van der Waals surface area contributed by atoms with Crippen molar-refractivity contribution in [3.8, 4) is 17.1 Å². The number of nitrogens with one attached hydrogen (secondary N) is 2. The standard InChI is InChI=1S/C33H42F5N7O3/c1-6-21-14-42-29-28(44-31(40-5)47-17-32(8-9-32)16-45-11-12-46-19(3)15-45)26(35)27(43-30(29)48-18(2)7-10-41-21)22-13-23(39)25(34)20(4)24(22)33(36,37)38/h6,13,18-19,41-42H,5,7-12,14-17,39H2,1-4H3/b21-6-,44-31?/t18-,19+/m0/s1. The Morgan fingerprint density at radius 1 is 1.23 bits per heavy atom. The summed E-state index contributed by atoms with van der Waals surface area (Å²) in [6.07, 6.45) is -1.30. The maximum Gasteiger partial charge on any atom is 0.417 e. The van der Waals surface area contributed by atoms with Gasteiger partial charge in [0.2, 0.25) is 5.88 Å². The van der Waals surface area contributed by atoms with Gasteiger partial charge in [-0.1, -0.05) is 6.08 Å². The molecule has 1 saturated carbocycles. The van der Waals surface area contributed by atoms with E-state index in [2.05, 4.69) is 37.2 Å². The first-order chi connectivity index (χ1) is 22.7. The van der Waals surface area contributed by atoms with Crippen LogP contribution in [0.15, 0.2) is 27.8 Å². The van der Waals surface area contributed by atoms with Gasteiger partial charge in [0.05, 0.1) is 43.2 Å². The Morgan fingerprint density at radius 3 is 2.62 bits per heavy atom. The van der Waals surface area contributed by atoms with E-state index < -0.39 is 57.7 Å². The lowest BCUT2D eigenvalue weighted by molar-refractivity contribution is -0.137. The Balaban J connectivity index is 1.62. The number of nitrogen functional groups attached to an aromatic ring is 1. The van der Waals surface area contributed by atoms with Gasteiger partial charge in [0.15, 0.2) is 5.82 Å². The van der Waals surface area contributed by atoms with Crippen molar-refractivity contribution in [3.05, 3.63) is 40.6 Å². The molecule has 48 heavy (non-hydrogen) atoms. The predicted molar refractivity (Wildman–Crippen MR) is 175 cm³/mol. The van der Waals surface area contributed by atoms with Crippen molar-refractivity contribution >= 4 is 29.8 Å². The molecular weight excluding hydrogens is 637 g/mol. The quantitative estimate of drug-likeness (QED) is 0.143. The van der Waals surface area contributed by atoms with Gasteiger partial charge < -0.3 is 30.6 Å². The third-order valence-electron chi connectivity index (χ3n) is 8.86. The fourth-order valence-corrected chi connectivity index (χ4v) is 6.02. The average Bonchev–Trinajstić information content (AvgIpc) is 3.79. The number of nitrogens with zero attached hydrogens (tertiary/aromatic N) is 4. The lowest BCUT2D eigenvalue weighted by Gasteiger charge is -2.33. The van der Waals surface area contributed by atoms with Gasteiger partial charge in [-0.2, -0.15) is 18.2 Å². The van der Waals surface area contributed by atoms with Crippen LogP contribution in [0.3, 0.4) is 0 Å². The van der Waals surface area contributed by atoms with E-state index in [0.29, 0.717) is 19.6 Å². The van der Waals surface area contributed by atoms with Crippen LogP contribution in [0.1, 0.15) is 51.2 Å². The topological polar surface area (TPSA) is 119 Å². The van der Waals surface area contributed by atoms with E-state index in [1.54, 1.807) is 6.92 Å². The smallest absolute Gasteiger partial charge is 0.417 e. The number of pyridine rings is 1. The summed E-state index contributed by atoms with van der Waals surface area (Å²) in [5.41, 5.74) is 1.57. The van der Waals surface area contributed by atoms with Crippen molar-refractivity contribution < 1.29 is 36.2 Å². The van der Waals surface area contributed by atoms with Crippen LogP contribution >= 0.6 is 0 Å². The minimum absolute atomic E-state index is 0.0281. The van der Waals surface area contributed by atoms with Gasteiger partial charge in [-0.05, 0) is 58.9 Å². The van der Waals surface area contributed by atoms with Gasteiger partial charge in [0, 0.05) is 49.3 Å². The van der Waals surface area contributed by atoms with Crippen LogP contribution in [0.25, 0.3) is 11.3 Å². The second-order valence-corrected chi connectivity index (χ2v) is 12.7. The molecule has 0 spiro atoms. The summed E-state index contributed by atoms with van der Waals surface area (Å²) in [7, 11) is 0. The summed E-state index contributed by atoms with van der Waals surface area (Å²) < 4.78 is 92.5. The number of nitrogens with two attached hydrogens (primary N) is 1. The first-order valence-electron chi connectivity index (χ1n) is 16.0. The number of aromatic nitrogens is 1. The number of alkyl halides is 3. The van der Waals surface area contributed by atoms with Crippen molar-refractivity contribution in [3.63, 3.8) is 0 Å². The highest BCUT2D eigenvalue weighted by atomic mass is 19.4. The van der Waals surface area contributed by atoms with Crippen molar-refractivity contribution in [2.75, 3.05) is 57.0 Å². The molecule has 2 atom stereocenters. The maximum absolute atomic E-state index is 16.8. The van der Waals surface area contributed by atoms with Crippen molar-refractivity contribution in [2.24, 2.45) is 15.4 Å². The molecule has 1 aromatic heterocycles. The lowest BCUT2D eigenvalue weighted by Crippen LogP contribution is -2.44. The Labute approximate surface area is 276 Å². The summed E-state index contributed by atoms with van der Waals surface area (Å²) in [4.78, 5) is 14.8. The molecule has 1 aliphatic carbocycles. The molecule has 3 aliphatic rings. The fraction of sp³-hybridized carbons (Fsp3) is 0.545. The normalized spacial score (nSPS) is 22.6. The van der Waals surface area contributed by atoms with E-state index in [-0.39, 0.29) is 42.3 Å². The van der Waals surface area contributed by atoms with Crippen molar-refractivity contribution in [1.29, 1.82) is 0 Å². The van der Waals surface area contributed by atoms with E-state index in [9.17, 15) is 17.6 Å². The van der Waals surface area contributed by atoms with Gasteiger partial charge in [-0.25, -0.2) is 18.8 Å².